The maximum atomic E-state index is 11.5. The Bertz CT molecular complexity index is 375. The van der Waals surface area contributed by atoms with Gasteiger partial charge in [0.25, 0.3) is 0 Å². The van der Waals surface area contributed by atoms with Gasteiger partial charge < -0.3 is 10.2 Å². The second-order valence-electron chi connectivity index (χ2n) is 4.12. The van der Waals surface area contributed by atoms with Crippen molar-refractivity contribution >= 4 is 22.0 Å². The Hall–Kier alpha value is -1.15. The van der Waals surface area contributed by atoms with Crippen molar-refractivity contribution in [2.24, 2.45) is 5.92 Å². The van der Waals surface area contributed by atoms with Crippen molar-refractivity contribution in [3.05, 3.63) is 0 Å². The summed E-state index contributed by atoms with van der Waals surface area (Å²) in [5.41, 5.74) is 0. The van der Waals surface area contributed by atoms with Crippen LogP contribution < -0.4 is 4.72 Å². The molecule has 17 heavy (non-hydrogen) atoms. The van der Waals surface area contributed by atoms with Crippen LogP contribution in [0.1, 0.15) is 26.7 Å². The minimum Gasteiger partial charge on any atom is -0.481 e. The minimum absolute atomic E-state index is 0.138. The molecule has 0 aromatic heterocycles. The fourth-order valence-corrected chi connectivity index (χ4v) is 2.83. The molecule has 0 aliphatic carbocycles. The summed E-state index contributed by atoms with van der Waals surface area (Å²) in [6, 6.07) is -1.39. The molecule has 0 rings (SSSR count). The number of carbonyl (C=O) groups is 2. The monoisotopic (exact) mass is 267 g/mol. The van der Waals surface area contributed by atoms with Crippen LogP contribution in [0.15, 0.2) is 0 Å². The van der Waals surface area contributed by atoms with Gasteiger partial charge in [-0.05, 0) is 12.3 Å². The van der Waals surface area contributed by atoms with Crippen molar-refractivity contribution in [3.63, 3.8) is 0 Å². The zero-order chi connectivity index (χ0) is 13.6. The molecule has 0 bridgehead atoms. The maximum Gasteiger partial charge on any atom is 0.321 e. The molecular weight excluding hydrogens is 250 g/mol. The van der Waals surface area contributed by atoms with E-state index in [-0.39, 0.29) is 18.1 Å². The molecule has 0 aromatic carbocycles. The van der Waals surface area contributed by atoms with Gasteiger partial charge >= 0.3 is 11.9 Å². The number of sulfonamides is 1. The Kier molecular flexibility index (Phi) is 6.11. The highest BCUT2D eigenvalue weighted by atomic mass is 32.2. The van der Waals surface area contributed by atoms with Crippen LogP contribution in [0.2, 0.25) is 0 Å². The largest absolute Gasteiger partial charge is 0.481 e. The van der Waals surface area contributed by atoms with Crippen molar-refractivity contribution in [2.75, 3.05) is 5.75 Å². The molecule has 1 atom stereocenters. The average molecular weight is 267 g/mol. The molecule has 0 aromatic rings. The van der Waals surface area contributed by atoms with E-state index in [9.17, 15) is 18.0 Å². The third-order valence-corrected chi connectivity index (χ3v) is 3.57. The molecule has 0 fully saturated rings. The van der Waals surface area contributed by atoms with Crippen LogP contribution in [0.5, 0.6) is 0 Å². The van der Waals surface area contributed by atoms with E-state index >= 15 is 0 Å². The van der Waals surface area contributed by atoms with Crippen LogP contribution in [-0.4, -0.2) is 42.4 Å². The molecule has 0 aliphatic rings. The number of carboxylic acids is 2. The van der Waals surface area contributed by atoms with Gasteiger partial charge in [0, 0.05) is 6.42 Å². The molecule has 8 heteroatoms. The second-order valence-corrected chi connectivity index (χ2v) is 5.91. The summed E-state index contributed by atoms with van der Waals surface area (Å²) >= 11 is 0. The first-order chi connectivity index (χ1) is 7.64. The Labute approximate surface area is 99.9 Å². The Morgan fingerprint density at radius 3 is 2.12 bits per heavy atom. The van der Waals surface area contributed by atoms with Crippen molar-refractivity contribution in [1.82, 2.24) is 4.72 Å². The average Bonchev–Trinajstić information content (AvgIpc) is 2.09. The SMILES string of the molecule is CC(C)CS(=O)(=O)NC(CCC(=O)O)C(=O)O. The fraction of sp³-hybridized carbons (Fsp3) is 0.778. The number of hydrogen-bond acceptors (Lipinski definition) is 4. The van der Waals surface area contributed by atoms with Gasteiger partial charge in [-0.2, -0.15) is 0 Å². The third-order valence-electron chi connectivity index (χ3n) is 1.82. The van der Waals surface area contributed by atoms with Gasteiger partial charge in [0.2, 0.25) is 10.0 Å². The smallest absolute Gasteiger partial charge is 0.321 e. The van der Waals surface area contributed by atoms with Crippen LogP contribution >= 0.6 is 0 Å². The standard InChI is InChI=1S/C9H17NO6S/c1-6(2)5-17(15,16)10-7(9(13)14)3-4-8(11)12/h6-7,10H,3-5H2,1-2H3,(H,11,12)(H,13,14). The van der Waals surface area contributed by atoms with Gasteiger partial charge in [-0.15, -0.1) is 0 Å². The van der Waals surface area contributed by atoms with Crippen LogP contribution in [0.4, 0.5) is 0 Å². The summed E-state index contributed by atoms with van der Waals surface area (Å²) in [5.74, 6) is -2.87. The first kappa shape index (κ1) is 15.9. The molecule has 0 saturated heterocycles. The van der Waals surface area contributed by atoms with Crippen LogP contribution in [0.3, 0.4) is 0 Å². The second kappa shape index (κ2) is 6.55. The van der Waals surface area contributed by atoms with E-state index in [2.05, 4.69) is 0 Å². The number of hydrogen-bond donors (Lipinski definition) is 3. The Morgan fingerprint density at radius 1 is 1.24 bits per heavy atom. The molecule has 0 spiro atoms. The lowest BCUT2D eigenvalue weighted by Crippen LogP contribution is -2.42. The van der Waals surface area contributed by atoms with Gasteiger partial charge in [0.1, 0.15) is 6.04 Å². The molecule has 7 nitrogen and oxygen atoms in total. The molecular formula is C9H17NO6S. The number of nitrogens with one attached hydrogen (secondary N) is 1. The Morgan fingerprint density at radius 2 is 1.76 bits per heavy atom. The number of aliphatic carboxylic acids is 2. The van der Waals surface area contributed by atoms with Crippen molar-refractivity contribution in [2.45, 2.75) is 32.7 Å². The molecule has 1 unspecified atom stereocenters. The predicted molar refractivity (Wildman–Crippen MR) is 60.1 cm³/mol. The molecule has 0 radical (unpaired) electrons. The van der Waals surface area contributed by atoms with Crippen molar-refractivity contribution in [3.8, 4) is 0 Å². The summed E-state index contributed by atoms with van der Waals surface area (Å²) < 4.78 is 24.9. The van der Waals surface area contributed by atoms with Crippen molar-refractivity contribution in [1.29, 1.82) is 0 Å². The first-order valence-corrected chi connectivity index (χ1v) is 6.74. The molecule has 3 N–H and O–H groups in total. The van der Waals surface area contributed by atoms with E-state index in [1.54, 1.807) is 13.8 Å². The molecule has 0 amide bonds. The van der Waals surface area contributed by atoms with Crippen LogP contribution in [-0.2, 0) is 19.6 Å². The summed E-state index contributed by atoms with van der Waals surface area (Å²) in [6.07, 6.45) is -0.677. The predicted octanol–water partition coefficient (Wildman–Crippen LogP) is -0.120. The van der Waals surface area contributed by atoms with Gasteiger partial charge in [0.05, 0.1) is 5.75 Å². The normalized spacial score (nSPS) is 13.6. The first-order valence-electron chi connectivity index (χ1n) is 5.08. The molecule has 0 aliphatic heterocycles. The third kappa shape index (κ3) is 7.70. The summed E-state index contributed by atoms with van der Waals surface area (Å²) in [5, 5.41) is 17.2. The van der Waals surface area contributed by atoms with Crippen LogP contribution in [0.25, 0.3) is 0 Å². The molecule has 0 heterocycles. The van der Waals surface area contributed by atoms with E-state index in [1.807, 2.05) is 4.72 Å². The van der Waals surface area contributed by atoms with Gasteiger partial charge in [0.15, 0.2) is 0 Å². The lowest BCUT2D eigenvalue weighted by atomic mass is 10.2. The Balaban J connectivity index is 4.54. The highest BCUT2D eigenvalue weighted by Crippen LogP contribution is 2.03. The van der Waals surface area contributed by atoms with Crippen molar-refractivity contribution < 1.29 is 28.2 Å². The van der Waals surface area contributed by atoms with E-state index in [1.165, 1.54) is 0 Å². The molecule has 100 valence electrons. The summed E-state index contributed by atoms with van der Waals surface area (Å²) in [4.78, 5) is 21.1. The lowest BCUT2D eigenvalue weighted by molar-refractivity contribution is -0.140. The highest BCUT2D eigenvalue weighted by Gasteiger charge is 2.25. The van der Waals surface area contributed by atoms with E-state index in [0.29, 0.717) is 0 Å². The highest BCUT2D eigenvalue weighted by molar-refractivity contribution is 7.89. The number of carboxylic acid groups (broad SMARTS) is 2. The zero-order valence-corrected chi connectivity index (χ0v) is 10.5. The van der Waals surface area contributed by atoms with Gasteiger partial charge in [-0.25, -0.2) is 13.1 Å². The van der Waals surface area contributed by atoms with E-state index in [0.717, 1.165) is 0 Å². The van der Waals surface area contributed by atoms with Crippen LogP contribution in [0, 0.1) is 5.92 Å². The van der Waals surface area contributed by atoms with Gasteiger partial charge in [-0.1, -0.05) is 13.8 Å². The summed E-state index contributed by atoms with van der Waals surface area (Å²) in [7, 11) is -3.70. The van der Waals surface area contributed by atoms with E-state index < -0.39 is 34.4 Å². The number of rotatable bonds is 8. The van der Waals surface area contributed by atoms with E-state index in [4.69, 9.17) is 10.2 Å². The fourth-order valence-electron chi connectivity index (χ4n) is 1.20. The quantitative estimate of drug-likeness (QED) is 0.563. The topological polar surface area (TPSA) is 121 Å². The minimum atomic E-state index is -3.70. The summed E-state index contributed by atoms with van der Waals surface area (Å²) in [6.45, 7) is 3.37. The molecule has 0 saturated carbocycles. The lowest BCUT2D eigenvalue weighted by Gasteiger charge is -2.14. The van der Waals surface area contributed by atoms with Gasteiger partial charge in [-0.3, -0.25) is 9.59 Å². The maximum absolute atomic E-state index is 11.5. The zero-order valence-electron chi connectivity index (χ0n) is 9.71.